The summed E-state index contributed by atoms with van der Waals surface area (Å²) in [5.41, 5.74) is 1.03. The molecule has 2 N–H and O–H groups in total. The molecule has 7 heteroatoms. The number of halogens is 2. The van der Waals surface area contributed by atoms with Gasteiger partial charge < -0.3 is 15.5 Å². The van der Waals surface area contributed by atoms with E-state index in [9.17, 15) is 4.79 Å². The number of nitrogens with one attached hydrogen (secondary N) is 2. The van der Waals surface area contributed by atoms with Gasteiger partial charge in [0.25, 0.3) is 0 Å². The van der Waals surface area contributed by atoms with Crippen LogP contribution < -0.4 is 10.6 Å². The third kappa shape index (κ3) is 7.70. The maximum atomic E-state index is 11.7. The third-order valence-electron chi connectivity index (χ3n) is 3.52. The van der Waals surface area contributed by atoms with Gasteiger partial charge in [0, 0.05) is 37.6 Å². The molecule has 0 radical (unpaired) electrons. The van der Waals surface area contributed by atoms with Crippen molar-refractivity contribution in [1.82, 2.24) is 15.5 Å². The minimum atomic E-state index is -0.118. The summed E-state index contributed by atoms with van der Waals surface area (Å²) >= 11 is 6.08. The number of likely N-dealkylation sites (N-methyl/N-ethyl adjacent to an activating group) is 1. The molecule has 5 nitrogen and oxygen atoms in total. The number of carbonyl (C=O) groups excluding carboxylic acids is 1. The zero-order valence-electron chi connectivity index (χ0n) is 15.0. The van der Waals surface area contributed by atoms with Gasteiger partial charge in [-0.1, -0.05) is 37.6 Å². The molecule has 0 fully saturated rings. The third-order valence-corrected chi connectivity index (χ3v) is 3.75. The Bertz CT molecular complexity index is 561. The Morgan fingerprint density at radius 3 is 2.50 bits per heavy atom. The second-order valence-electron chi connectivity index (χ2n) is 6.23. The number of rotatable bonds is 6. The van der Waals surface area contributed by atoms with Gasteiger partial charge >= 0.3 is 0 Å². The van der Waals surface area contributed by atoms with Gasteiger partial charge in [-0.25, -0.2) is 4.99 Å². The molecule has 136 valence electrons. The maximum absolute atomic E-state index is 11.7. The Morgan fingerprint density at radius 1 is 1.29 bits per heavy atom. The molecule has 1 amide bonds. The summed E-state index contributed by atoms with van der Waals surface area (Å²) in [5.74, 6) is 0.606. The van der Waals surface area contributed by atoms with E-state index in [2.05, 4.69) is 35.5 Å². The molecule has 1 rings (SSSR count). The number of hydrogen-bond donors (Lipinski definition) is 2. The van der Waals surface area contributed by atoms with Crippen molar-refractivity contribution in [3.05, 3.63) is 34.9 Å². The van der Waals surface area contributed by atoms with E-state index in [1.807, 2.05) is 25.1 Å². The van der Waals surface area contributed by atoms with Crippen LogP contribution in [0.25, 0.3) is 0 Å². The predicted molar refractivity (Wildman–Crippen MR) is 113 cm³/mol. The summed E-state index contributed by atoms with van der Waals surface area (Å²) in [6, 6.07) is 7.86. The predicted octanol–water partition coefficient (Wildman–Crippen LogP) is 2.88. The molecule has 0 atom stereocenters. The van der Waals surface area contributed by atoms with Crippen LogP contribution in [0.4, 0.5) is 0 Å². The molecule has 1 aromatic rings. The summed E-state index contributed by atoms with van der Waals surface area (Å²) in [4.78, 5) is 17.5. The molecule has 0 spiro atoms. The molecule has 24 heavy (non-hydrogen) atoms. The number of hydrogen-bond acceptors (Lipinski definition) is 2. The van der Waals surface area contributed by atoms with Crippen molar-refractivity contribution < 1.29 is 4.79 Å². The van der Waals surface area contributed by atoms with Crippen LogP contribution in [0.2, 0.25) is 5.02 Å². The Labute approximate surface area is 167 Å². The lowest BCUT2D eigenvalue weighted by Gasteiger charge is -2.27. The zero-order valence-corrected chi connectivity index (χ0v) is 18.1. The van der Waals surface area contributed by atoms with Gasteiger partial charge in [-0.15, -0.1) is 24.0 Å². The lowest BCUT2D eigenvalue weighted by atomic mass is 9.84. The van der Waals surface area contributed by atoms with E-state index in [-0.39, 0.29) is 41.8 Å². The normalized spacial score (nSPS) is 11.5. The molecule has 0 aromatic heterocycles. The highest BCUT2D eigenvalue weighted by molar-refractivity contribution is 14.0. The second-order valence-corrected chi connectivity index (χ2v) is 6.67. The number of benzene rings is 1. The Kier molecular flexibility index (Phi) is 10.3. The fourth-order valence-corrected chi connectivity index (χ4v) is 2.14. The van der Waals surface area contributed by atoms with E-state index >= 15 is 0 Å². The first-order valence-electron chi connectivity index (χ1n) is 7.74. The lowest BCUT2D eigenvalue weighted by Crippen LogP contribution is -2.44. The summed E-state index contributed by atoms with van der Waals surface area (Å²) in [6.07, 6.45) is 0. The van der Waals surface area contributed by atoms with Crippen LogP contribution in [-0.2, 0) is 10.2 Å². The first kappa shape index (κ1) is 23.0. The molecule has 0 aliphatic carbocycles. The van der Waals surface area contributed by atoms with E-state index in [0.29, 0.717) is 12.5 Å². The van der Waals surface area contributed by atoms with Crippen LogP contribution in [0.15, 0.2) is 29.3 Å². The van der Waals surface area contributed by atoms with Gasteiger partial charge in [-0.2, -0.15) is 0 Å². The van der Waals surface area contributed by atoms with Gasteiger partial charge in [0.15, 0.2) is 5.96 Å². The van der Waals surface area contributed by atoms with Gasteiger partial charge in [0.05, 0.1) is 0 Å². The molecule has 0 saturated carbocycles. The topological polar surface area (TPSA) is 56.7 Å². The molecular formula is C17H28ClIN4O. The van der Waals surface area contributed by atoms with Crippen LogP contribution >= 0.6 is 35.6 Å². The number of aliphatic imine (C=N–C) groups is 1. The second kappa shape index (κ2) is 10.8. The van der Waals surface area contributed by atoms with Crippen LogP contribution in [0.3, 0.4) is 0 Å². The maximum Gasteiger partial charge on any atom is 0.243 e. The van der Waals surface area contributed by atoms with Crippen molar-refractivity contribution in [3.63, 3.8) is 0 Å². The first-order valence-corrected chi connectivity index (χ1v) is 8.12. The minimum Gasteiger partial charge on any atom is -0.357 e. The summed E-state index contributed by atoms with van der Waals surface area (Å²) in [6.45, 7) is 7.81. The van der Waals surface area contributed by atoms with Crippen molar-refractivity contribution in [1.29, 1.82) is 0 Å². The molecule has 0 saturated heterocycles. The Hall–Kier alpha value is -1.02. The highest BCUT2D eigenvalue weighted by Gasteiger charge is 2.21. The average Bonchev–Trinajstić information content (AvgIpc) is 2.49. The Balaban J connectivity index is 0.00000529. The highest BCUT2D eigenvalue weighted by atomic mass is 127. The van der Waals surface area contributed by atoms with E-state index in [0.717, 1.165) is 17.1 Å². The molecule has 1 aromatic carbocycles. The first-order chi connectivity index (χ1) is 10.8. The van der Waals surface area contributed by atoms with Crippen LogP contribution in [0.1, 0.15) is 26.3 Å². The van der Waals surface area contributed by atoms with Crippen molar-refractivity contribution in [2.24, 2.45) is 4.99 Å². The van der Waals surface area contributed by atoms with Gasteiger partial charge in [0.1, 0.15) is 6.54 Å². The average molecular weight is 467 g/mol. The van der Waals surface area contributed by atoms with E-state index in [1.54, 1.807) is 14.1 Å². The van der Waals surface area contributed by atoms with Gasteiger partial charge in [0.2, 0.25) is 5.91 Å². The summed E-state index contributed by atoms with van der Waals surface area (Å²) < 4.78 is 0. The van der Waals surface area contributed by atoms with E-state index < -0.39 is 0 Å². The molecule has 0 aliphatic heterocycles. The van der Waals surface area contributed by atoms with Crippen molar-refractivity contribution >= 4 is 47.4 Å². The number of amides is 1. The fourth-order valence-electron chi connectivity index (χ4n) is 1.95. The highest BCUT2D eigenvalue weighted by Crippen LogP contribution is 2.24. The molecule has 0 bridgehead atoms. The van der Waals surface area contributed by atoms with E-state index in [4.69, 9.17) is 11.6 Å². The molecular weight excluding hydrogens is 439 g/mol. The SMILES string of the molecule is CCNC(=NCC(=O)N(C)C)NCC(C)(C)c1cccc(Cl)c1.I. The van der Waals surface area contributed by atoms with Gasteiger partial charge in [-0.05, 0) is 24.6 Å². The summed E-state index contributed by atoms with van der Waals surface area (Å²) in [7, 11) is 3.45. The van der Waals surface area contributed by atoms with Gasteiger partial charge in [-0.3, -0.25) is 4.79 Å². The number of carbonyl (C=O) groups is 1. The largest absolute Gasteiger partial charge is 0.357 e. The van der Waals surface area contributed by atoms with Crippen LogP contribution in [0.5, 0.6) is 0 Å². The standard InChI is InChI=1S/C17H27ClN4O.HI/c1-6-19-16(20-11-15(23)22(4)5)21-12-17(2,3)13-8-7-9-14(18)10-13;/h7-10H,6,11-12H2,1-5H3,(H2,19,20,21);1H. The Morgan fingerprint density at radius 2 is 1.96 bits per heavy atom. The fraction of sp³-hybridized carbons (Fsp3) is 0.529. The quantitative estimate of drug-likeness (QED) is 0.385. The number of guanidine groups is 1. The summed E-state index contributed by atoms with van der Waals surface area (Å²) in [5, 5.41) is 7.18. The van der Waals surface area contributed by atoms with E-state index in [1.165, 1.54) is 4.90 Å². The van der Waals surface area contributed by atoms with Crippen molar-refractivity contribution in [2.75, 3.05) is 33.7 Å². The van der Waals surface area contributed by atoms with Crippen molar-refractivity contribution in [3.8, 4) is 0 Å². The lowest BCUT2D eigenvalue weighted by molar-refractivity contribution is -0.127. The van der Waals surface area contributed by atoms with Crippen LogP contribution in [-0.4, -0.2) is 50.5 Å². The molecule has 0 aliphatic rings. The smallest absolute Gasteiger partial charge is 0.243 e. The monoisotopic (exact) mass is 466 g/mol. The number of nitrogens with zero attached hydrogens (tertiary/aromatic N) is 2. The van der Waals surface area contributed by atoms with Crippen molar-refractivity contribution in [2.45, 2.75) is 26.2 Å². The van der Waals surface area contributed by atoms with Crippen LogP contribution in [0, 0.1) is 0 Å². The molecule has 0 unspecified atom stereocenters. The minimum absolute atomic E-state index is 0. The molecule has 0 heterocycles. The zero-order chi connectivity index (χ0) is 17.5.